The Balaban J connectivity index is 1.33. The lowest BCUT2D eigenvalue weighted by molar-refractivity contribution is -0.129. The van der Waals surface area contributed by atoms with Gasteiger partial charge >= 0.3 is 0 Å². The van der Waals surface area contributed by atoms with Crippen molar-refractivity contribution in [2.45, 2.75) is 19.8 Å². The van der Waals surface area contributed by atoms with Crippen LogP contribution in [0, 0.1) is 6.92 Å². The van der Waals surface area contributed by atoms with Gasteiger partial charge in [-0.3, -0.25) is 14.4 Å². The molecule has 0 atom stereocenters. The zero-order valence-corrected chi connectivity index (χ0v) is 19.5. The quantitative estimate of drug-likeness (QED) is 0.226. The maximum absolute atomic E-state index is 12.0. The highest BCUT2D eigenvalue weighted by atomic mass is 16.5. The van der Waals surface area contributed by atoms with Crippen molar-refractivity contribution in [2.24, 2.45) is 5.10 Å². The summed E-state index contributed by atoms with van der Waals surface area (Å²) in [5, 5.41) is 9.36. The number of amides is 3. The molecule has 180 valence electrons. The van der Waals surface area contributed by atoms with E-state index in [9.17, 15) is 14.4 Å². The molecule has 0 unspecified atom stereocenters. The molecule has 35 heavy (non-hydrogen) atoms. The number of nitrogens with zero attached hydrogens (tertiary/aromatic N) is 1. The summed E-state index contributed by atoms with van der Waals surface area (Å²) in [7, 11) is 0. The standard InChI is InChI=1S/C27H28N4O4/c1-20-7-11-23(12-8-20)30-27(34)19-35-24-13-9-22(10-14-24)18-29-31-26(33)17-25(32)28-16-15-21-5-3-2-4-6-21/h2-14,18H,15-17,19H2,1H3,(H,28,32)(H,30,34)(H,31,33)/b29-18+. The van der Waals surface area contributed by atoms with Gasteiger partial charge < -0.3 is 15.4 Å². The fourth-order valence-electron chi connectivity index (χ4n) is 3.05. The molecule has 0 bridgehead atoms. The van der Waals surface area contributed by atoms with E-state index in [4.69, 9.17) is 4.74 Å². The average molecular weight is 473 g/mol. The van der Waals surface area contributed by atoms with Crippen molar-refractivity contribution in [3.63, 3.8) is 0 Å². The first kappa shape index (κ1) is 25.2. The lowest BCUT2D eigenvalue weighted by Gasteiger charge is -2.08. The molecule has 3 aromatic carbocycles. The summed E-state index contributed by atoms with van der Waals surface area (Å²) in [4.78, 5) is 35.8. The summed E-state index contributed by atoms with van der Waals surface area (Å²) in [6.07, 6.45) is 1.85. The van der Waals surface area contributed by atoms with E-state index in [2.05, 4.69) is 21.2 Å². The van der Waals surface area contributed by atoms with Crippen LogP contribution in [0.2, 0.25) is 0 Å². The number of carbonyl (C=O) groups is 3. The van der Waals surface area contributed by atoms with Crippen LogP contribution >= 0.6 is 0 Å². The van der Waals surface area contributed by atoms with Gasteiger partial charge in [0.05, 0.1) is 6.21 Å². The van der Waals surface area contributed by atoms with E-state index in [1.165, 1.54) is 6.21 Å². The smallest absolute Gasteiger partial charge is 0.262 e. The van der Waals surface area contributed by atoms with Crippen LogP contribution in [-0.2, 0) is 20.8 Å². The maximum Gasteiger partial charge on any atom is 0.262 e. The molecular formula is C27H28N4O4. The largest absolute Gasteiger partial charge is 0.484 e. The number of carbonyl (C=O) groups excluding carboxylic acids is 3. The lowest BCUT2D eigenvalue weighted by Crippen LogP contribution is -2.31. The highest BCUT2D eigenvalue weighted by Crippen LogP contribution is 2.12. The molecule has 0 heterocycles. The normalized spacial score (nSPS) is 10.5. The average Bonchev–Trinajstić information content (AvgIpc) is 2.85. The minimum Gasteiger partial charge on any atom is -0.484 e. The summed E-state index contributed by atoms with van der Waals surface area (Å²) in [6.45, 7) is 2.32. The van der Waals surface area contributed by atoms with E-state index >= 15 is 0 Å². The zero-order valence-electron chi connectivity index (χ0n) is 19.5. The molecule has 0 aliphatic rings. The van der Waals surface area contributed by atoms with E-state index in [0.29, 0.717) is 30.0 Å². The predicted molar refractivity (Wildman–Crippen MR) is 135 cm³/mol. The Morgan fingerprint density at radius 3 is 2.29 bits per heavy atom. The van der Waals surface area contributed by atoms with Crippen molar-refractivity contribution in [1.29, 1.82) is 0 Å². The van der Waals surface area contributed by atoms with Crippen molar-refractivity contribution in [1.82, 2.24) is 10.7 Å². The third kappa shape index (κ3) is 9.51. The summed E-state index contributed by atoms with van der Waals surface area (Å²) >= 11 is 0. The van der Waals surface area contributed by atoms with Crippen LogP contribution in [0.1, 0.15) is 23.1 Å². The Morgan fingerprint density at radius 2 is 1.57 bits per heavy atom. The molecule has 8 heteroatoms. The predicted octanol–water partition coefficient (Wildman–Crippen LogP) is 3.21. The van der Waals surface area contributed by atoms with Gasteiger partial charge in [0.1, 0.15) is 12.2 Å². The summed E-state index contributed by atoms with van der Waals surface area (Å²) in [6, 6.07) is 24.1. The van der Waals surface area contributed by atoms with Crippen LogP contribution in [0.25, 0.3) is 0 Å². The molecule has 0 aliphatic heterocycles. The van der Waals surface area contributed by atoms with Gasteiger partial charge in [-0.2, -0.15) is 5.10 Å². The number of hydrogen-bond donors (Lipinski definition) is 3. The van der Waals surface area contributed by atoms with Gasteiger partial charge in [-0.25, -0.2) is 5.43 Å². The molecule has 0 aliphatic carbocycles. The second-order valence-corrected chi connectivity index (χ2v) is 7.83. The Labute approximate surface area is 204 Å². The van der Waals surface area contributed by atoms with Crippen LogP contribution in [0.15, 0.2) is 84.0 Å². The molecule has 3 rings (SSSR count). The number of anilines is 1. The molecule has 0 aromatic heterocycles. The fraction of sp³-hybridized carbons (Fsp3) is 0.185. The van der Waals surface area contributed by atoms with E-state index in [1.807, 2.05) is 61.5 Å². The zero-order chi connectivity index (χ0) is 24.9. The van der Waals surface area contributed by atoms with Crippen molar-refractivity contribution in [3.8, 4) is 5.75 Å². The Bertz CT molecular complexity index is 1140. The molecule has 0 fully saturated rings. The molecule has 0 radical (unpaired) electrons. The molecule has 0 spiro atoms. The number of hydrazone groups is 1. The summed E-state index contributed by atoms with van der Waals surface area (Å²) < 4.78 is 5.49. The van der Waals surface area contributed by atoms with Gasteiger partial charge in [0.25, 0.3) is 5.91 Å². The number of rotatable bonds is 11. The summed E-state index contributed by atoms with van der Waals surface area (Å²) in [5.74, 6) is -0.594. The van der Waals surface area contributed by atoms with Gasteiger partial charge in [-0.15, -0.1) is 0 Å². The minimum atomic E-state index is -0.502. The molecule has 8 nitrogen and oxygen atoms in total. The Morgan fingerprint density at radius 1 is 0.857 bits per heavy atom. The van der Waals surface area contributed by atoms with Crippen molar-refractivity contribution < 1.29 is 19.1 Å². The van der Waals surface area contributed by atoms with Crippen LogP contribution in [0.4, 0.5) is 5.69 Å². The number of ether oxygens (including phenoxy) is 1. The molecular weight excluding hydrogens is 444 g/mol. The highest BCUT2D eigenvalue weighted by Gasteiger charge is 2.08. The Kier molecular flexibility index (Phi) is 9.56. The van der Waals surface area contributed by atoms with E-state index < -0.39 is 5.91 Å². The second kappa shape index (κ2) is 13.3. The van der Waals surface area contributed by atoms with Crippen molar-refractivity contribution in [2.75, 3.05) is 18.5 Å². The number of nitrogens with one attached hydrogen (secondary N) is 3. The SMILES string of the molecule is Cc1ccc(NC(=O)COc2ccc(/C=N/NC(=O)CC(=O)NCCc3ccccc3)cc2)cc1. The van der Waals surface area contributed by atoms with E-state index in [0.717, 1.165) is 11.1 Å². The third-order valence-electron chi connectivity index (χ3n) is 4.89. The number of benzene rings is 3. The number of aryl methyl sites for hydroxylation is 1. The minimum absolute atomic E-state index is 0.120. The fourth-order valence-corrected chi connectivity index (χ4v) is 3.05. The van der Waals surface area contributed by atoms with Crippen molar-refractivity contribution in [3.05, 3.63) is 95.6 Å². The van der Waals surface area contributed by atoms with Gasteiger partial charge in [-0.1, -0.05) is 48.0 Å². The Hall–Kier alpha value is -4.46. The maximum atomic E-state index is 12.0. The molecule has 0 saturated carbocycles. The topological polar surface area (TPSA) is 109 Å². The van der Waals surface area contributed by atoms with Gasteiger partial charge in [0.15, 0.2) is 6.61 Å². The lowest BCUT2D eigenvalue weighted by atomic mass is 10.1. The second-order valence-electron chi connectivity index (χ2n) is 7.83. The van der Waals surface area contributed by atoms with Gasteiger partial charge in [0, 0.05) is 12.2 Å². The first-order valence-corrected chi connectivity index (χ1v) is 11.2. The van der Waals surface area contributed by atoms with Gasteiger partial charge in [-0.05, 0) is 60.9 Å². The van der Waals surface area contributed by atoms with Crippen LogP contribution in [-0.4, -0.2) is 37.1 Å². The first-order chi connectivity index (χ1) is 17.0. The molecule has 3 N–H and O–H groups in total. The van der Waals surface area contributed by atoms with Crippen LogP contribution in [0.3, 0.4) is 0 Å². The first-order valence-electron chi connectivity index (χ1n) is 11.2. The van der Waals surface area contributed by atoms with Crippen LogP contribution in [0.5, 0.6) is 5.75 Å². The third-order valence-corrected chi connectivity index (χ3v) is 4.89. The number of hydrogen-bond acceptors (Lipinski definition) is 5. The van der Waals surface area contributed by atoms with E-state index in [-0.39, 0.29) is 24.8 Å². The van der Waals surface area contributed by atoms with Crippen molar-refractivity contribution >= 4 is 29.6 Å². The monoisotopic (exact) mass is 472 g/mol. The molecule has 0 saturated heterocycles. The highest BCUT2D eigenvalue weighted by molar-refractivity contribution is 5.97. The van der Waals surface area contributed by atoms with Gasteiger partial charge in [0.2, 0.25) is 11.8 Å². The summed E-state index contributed by atoms with van der Waals surface area (Å²) in [5.41, 5.74) is 5.99. The van der Waals surface area contributed by atoms with Crippen LogP contribution < -0.4 is 20.8 Å². The molecule has 3 amide bonds. The molecule has 3 aromatic rings. The van der Waals surface area contributed by atoms with E-state index in [1.54, 1.807) is 24.3 Å².